The van der Waals surface area contributed by atoms with Crippen LogP contribution < -0.4 is 14.8 Å². The van der Waals surface area contributed by atoms with Gasteiger partial charge in [0.15, 0.2) is 0 Å². The molecule has 0 spiro atoms. The van der Waals surface area contributed by atoms with E-state index in [0.717, 1.165) is 35.6 Å². The monoisotopic (exact) mass is 428 g/mol. The van der Waals surface area contributed by atoms with Gasteiger partial charge in [-0.3, -0.25) is 9.52 Å². The molecule has 0 saturated heterocycles. The molecule has 3 aromatic carbocycles. The number of nitrogens with one attached hydrogen (secondary N) is 2. The number of hydrogen-bond donors (Lipinski definition) is 2. The summed E-state index contributed by atoms with van der Waals surface area (Å²) in [7, 11) is -2.37. The van der Waals surface area contributed by atoms with Gasteiger partial charge < -0.3 is 10.1 Å². The van der Waals surface area contributed by atoms with E-state index in [4.69, 9.17) is 4.74 Å². The maximum atomic E-state index is 13.1. The normalized spacial score (nSPS) is 11.0. The summed E-state index contributed by atoms with van der Waals surface area (Å²) in [6.07, 6.45) is 0.610. The molecule has 3 rings (SSSR count). The van der Waals surface area contributed by atoms with Crippen molar-refractivity contribution in [2.45, 2.75) is 11.3 Å². The highest BCUT2D eigenvalue weighted by Crippen LogP contribution is 2.20. The molecule has 0 radical (unpaired) electrons. The first-order valence-electron chi connectivity index (χ1n) is 9.17. The first kappa shape index (κ1) is 21.3. The lowest BCUT2D eigenvalue weighted by Gasteiger charge is -2.13. The van der Waals surface area contributed by atoms with Crippen LogP contribution in [0.15, 0.2) is 77.7 Å². The number of amides is 1. The standard InChI is InChI=1S/C22H21FN2O4S/c1-29-18-10-6-16(7-11-18)14-15-24-22(26)20-4-2-3-5-21(20)25-30(27,28)19-12-8-17(23)9-13-19/h2-13,25H,14-15H2,1H3,(H,24,26). The second-order valence-electron chi connectivity index (χ2n) is 6.46. The number of para-hydroxylation sites is 1. The van der Waals surface area contributed by atoms with Gasteiger partial charge >= 0.3 is 0 Å². The molecule has 0 saturated carbocycles. The molecule has 0 aliphatic heterocycles. The Morgan fingerprint density at radius 1 is 0.967 bits per heavy atom. The van der Waals surface area contributed by atoms with Gasteiger partial charge in [-0.1, -0.05) is 24.3 Å². The summed E-state index contributed by atoms with van der Waals surface area (Å²) in [5.74, 6) is -0.184. The second kappa shape index (κ2) is 9.41. The van der Waals surface area contributed by atoms with Gasteiger partial charge in [0.25, 0.3) is 15.9 Å². The van der Waals surface area contributed by atoms with Gasteiger partial charge in [-0.25, -0.2) is 12.8 Å². The number of halogens is 1. The van der Waals surface area contributed by atoms with Gasteiger partial charge in [-0.05, 0) is 60.5 Å². The molecule has 1 amide bonds. The van der Waals surface area contributed by atoms with E-state index in [1.54, 1.807) is 19.2 Å². The number of methoxy groups -OCH3 is 1. The van der Waals surface area contributed by atoms with Crippen LogP contribution in [-0.2, 0) is 16.4 Å². The third-order valence-electron chi connectivity index (χ3n) is 4.40. The van der Waals surface area contributed by atoms with Crippen molar-refractivity contribution in [2.75, 3.05) is 18.4 Å². The van der Waals surface area contributed by atoms with E-state index in [2.05, 4.69) is 10.0 Å². The van der Waals surface area contributed by atoms with Crippen LogP contribution in [-0.4, -0.2) is 28.0 Å². The third kappa shape index (κ3) is 5.36. The van der Waals surface area contributed by atoms with Gasteiger partial charge in [0.2, 0.25) is 0 Å². The van der Waals surface area contributed by atoms with E-state index in [0.29, 0.717) is 13.0 Å². The van der Waals surface area contributed by atoms with Crippen LogP contribution in [0, 0.1) is 5.82 Å². The highest BCUT2D eigenvalue weighted by Gasteiger charge is 2.18. The molecule has 0 atom stereocenters. The fourth-order valence-corrected chi connectivity index (χ4v) is 3.88. The van der Waals surface area contributed by atoms with Gasteiger partial charge in [-0.2, -0.15) is 0 Å². The van der Waals surface area contributed by atoms with Crippen molar-refractivity contribution in [3.05, 3.63) is 89.7 Å². The highest BCUT2D eigenvalue weighted by atomic mass is 32.2. The van der Waals surface area contributed by atoms with E-state index < -0.39 is 21.7 Å². The topological polar surface area (TPSA) is 84.5 Å². The number of carbonyl (C=O) groups is 1. The highest BCUT2D eigenvalue weighted by molar-refractivity contribution is 7.92. The Balaban J connectivity index is 1.67. The summed E-state index contributed by atoms with van der Waals surface area (Å²) in [5.41, 5.74) is 1.36. The maximum absolute atomic E-state index is 13.1. The molecule has 8 heteroatoms. The second-order valence-corrected chi connectivity index (χ2v) is 8.14. The minimum atomic E-state index is -3.96. The van der Waals surface area contributed by atoms with Crippen LogP contribution in [0.25, 0.3) is 0 Å². The lowest BCUT2D eigenvalue weighted by molar-refractivity contribution is 0.0955. The number of carbonyl (C=O) groups excluding carboxylic acids is 1. The van der Waals surface area contributed by atoms with E-state index in [1.807, 2.05) is 24.3 Å². The average molecular weight is 428 g/mol. The van der Waals surface area contributed by atoms with Crippen LogP contribution in [0.4, 0.5) is 10.1 Å². The first-order valence-corrected chi connectivity index (χ1v) is 10.7. The van der Waals surface area contributed by atoms with Crippen LogP contribution in [0.2, 0.25) is 0 Å². The van der Waals surface area contributed by atoms with Gasteiger partial charge in [0.1, 0.15) is 11.6 Å². The quantitative estimate of drug-likeness (QED) is 0.574. The number of hydrogen-bond acceptors (Lipinski definition) is 4. The van der Waals surface area contributed by atoms with E-state index in [-0.39, 0.29) is 16.1 Å². The number of rotatable bonds is 8. The molecule has 156 valence electrons. The molecule has 0 heterocycles. The van der Waals surface area contributed by atoms with Crippen molar-refractivity contribution in [3.8, 4) is 5.75 Å². The van der Waals surface area contributed by atoms with Gasteiger partial charge in [0.05, 0.1) is 23.3 Å². The Morgan fingerprint density at radius 3 is 2.30 bits per heavy atom. The molecule has 6 nitrogen and oxygen atoms in total. The van der Waals surface area contributed by atoms with Crippen molar-refractivity contribution in [3.63, 3.8) is 0 Å². The molecule has 0 fully saturated rings. The zero-order valence-electron chi connectivity index (χ0n) is 16.3. The number of benzene rings is 3. The Labute approximate surface area is 174 Å². The summed E-state index contributed by atoms with van der Waals surface area (Å²) in [4.78, 5) is 12.5. The molecule has 0 aliphatic carbocycles. The first-order chi connectivity index (χ1) is 14.4. The minimum Gasteiger partial charge on any atom is -0.497 e. The summed E-state index contributed by atoms with van der Waals surface area (Å²) in [6, 6.07) is 18.3. The predicted molar refractivity (Wildman–Crippen MR) is 113 cm³/mol. The Morgan fingerprint density at radius 2 is 1.63 bits per heavy atom. The van der Waals surface area contributed by atoms with Crippen molar-refractivity contribution in [2.24, 2.45) is 0 Å². The van der Waals surface area contributed by atoms with Crippen LogP contribution in [0.3, 0.4) is 0 Å². The molecule has 0 aliphatic rings. The summed E-state index contributed by atoms with van der Waals surface area (Å²) in [5, 5.41) is 2.79. The van der Waals surface area contributed by atoms with Gasteiger partial charge in [0, 0.05) is 6.54 Å². The zero-order valence-corrected chi connectivity index (χ0v) is 17.1. The van der Waals surface area contributed by atoms with E-state index >= 15 is 0 Å². The molecule has 2 N–H and O–H groups in total. The fourth-order valence-electron chi connectivity index (χ4n) is 2.80. The van der Waals surface area contributed by atoms with Crippen molar-refractivity contribution in [1.82, 2.24) is 5.32 Å². The summed E-state index contributed by atoms with van der Waals surface area (Å²) in [6.45, 7) is 0.379. The number of ether oxygens (including phenoxy) is 1. The maximum Gasteiger partial charge on any atom is 0.261 e. The van der Waals surface area contributed by atoms with Crippen LogP contribution >= 0.6 is 0 Å². The van der Waals surface area contributed by atoms with Crippen molar-refractivity contribution < 1.29 is 22.3 Å². The third-order valence-corrected chi connectivity index (χ3v) is 5.78. The molecule has 0 aromatic heterocycles. The SMILES string of the molecule is COc1ccc(CCNC(=O)c2ccccc2NS(=O)(=O)c2ccc(F)cc2)cc1. The van der Waals surface area contributed by atoms with Crippen molar-refractivity contribution in [1.29, 1.82) is 0 Å². The fraction of sp³-hybridized carbons (Fsp3) is 0.136. The largest absolute Gasteiger partial charge is 0.497 e. The van der Waals surface area contributed by atoms with Crippen molar-refractivity contribution >= 4 is 21.6 Å². The minimum absolute atomic E-state index is 0.0985. The van der Waals surface area contributed by atoms with E-state index in [9.17, 15) is 17.6 Å². The Kier molecular flexibility index (Phi) is 6.68. The lowest BCUT2D eigenvalue weighted by Crippen LogP contribution is -2.27. The molecule has 0 unspecified atom stereocenters. The molecule has 3 aromatic rings. The molecule has 30 heavy (non-hydrogen) atoms. The summed E-state index contributed by atoms with van der Waals surface area (Å²) >= 11 is 0. The number of sulfonamides is 1. The lowest BCUT2D eigenvalue weighted by atomic mass is 10.1. The Bertz CT molecular complexity index is 1110. The zero-order chi connectivity index (χ0) is 21.6. The summed E-state index contributed by atoms with van der Waals surface area (Å²) < 4.78 is 45.7. The predicted octanol–water partition coefficient (Wildman–Crippen LogP) is 3.61. The number of anilines is 1. The van der Waals surface area contributed by atoms with Crippen LogP contribution in [0.1, 0.15) is 15.9 Å². The van der Waals surface area contributed by atoms with Crippen LogP contribution in [0.5, 0.6) is 5.75 Å². The van der Waals surface area contributed by atoms with E-state index in [1.165, 1.54) is 12.1 Å². The smallest absolute Gasteiger partial charge is 0.261 e. The Hall–Kier alpha value is -3.39. The van der Waals surface area contributed by atoms with Gasteiger partial charge in [-0.15, -0.1) is 0 Å². The molecular formula is C22H21FN2O4S. The molecule has 0 bridgehead atoms. The molecular weight excluding hydrogens is 407 g/mol. The average Bonchev–Trinajstić information content (AvgIpc) is 2.74.